The van der Waals surface area contributed by atoms with Crippen molar-refractivity contribution >= 4 is 46.3 Å². The molecule has 1 aromatic heterocycles. The highest BCUT2D eigenvalue weighted by Crippen LogP contribution is 2.19. The van der Waals surface area contributed by atoms with Gasteiger partial charge < -0.3 is 24.8 Å². The van der Waals surface area contributed by atoms with Gasteiger partial charge in [-0.3, -0.25) is 19.0 Å². The molecule has 1 aliphatic rings. The fourth-order valence-corrected chi connectivity index (χ4v) is 4.24. The number of carbonyl (C=O) groups excluding carboxylic acids is 2. The van der Waals surface area contributed by atoms with Gasteiger partial charge in [-0.25, -0.2) is 0 Å². The molecule has 0 bridgehead atoms. The van der Waals surface area contributed by atoms with Crippen molar-refractivity contribution in [1.29, 1.82) is 0 Å². The number of hydrogen-bond donors (Lipinski definition) is 2. The number of benzene rings is 2. The normalized spacial score (nSPS) is 13.5. The number of ether oxygens (including phenoxy) is 1. The van der Waals surface area contributed by atoms with Crippen molar-refractivity contribution in [2.45, 2.75) is 6.54 Å². The topological polar surface area (TPSA) is 99.7 Å². The number of amides is 2. The number of nitrogens with zero attached hydrogens (tertiary/aromatic N) is 3. The summed E-state index contributed by atoms with van der Waals surface area (Å²) < 4.78 is 7.02. The van der Waals surface area contributed by atoms with E-state index in [2.05, 4.69) is 21.8 Å². The number of rotatable bonds is 7. The van der Waals surface area contributed by atoms with Crippen molar-refractivity contribution in [3.05, 3.63) is 75.8 Å². The third-order valence-electron chi connectivity index (χ3n) is 5.80. The predicted molar refractivity (Wildman–Crippen MR) is 139 cm³/mol. The van der Waals surface area contributed by atoms with E-state index in [-0.39, 0.29) is 28.7 Å². The van der Waals surface area contributed by atoms with Crippen molar-refractivity contribution < 1.29 is 14.3 Å². The van der Waals surface area contributed by atoms with E-state index in [0.717, 1.165) is 18.8 Å². The summed E-state index contributed by atoms with van der Waals surface area (Å²) in [6, 6.07) is 12.3. The van der Waals surface area contributed by atoms with Crippen LogP contribution in [0.3, 0.4) is 0 Å². The molecule has 1 aliphatic heterocycles. The van der Waals surface area contributed by atoms with Gasteiger partial charge in [0, 0.05) is 43.6 Å². The molecule has 1 saturated heterocycles. The molecule has 2 heterocycles. The van der Waals surface area contributed by atoms with E-state index >= 15 is 0 Å². The SMILES string of the molecule is C=CCn1c(=S)[nH]c2cc(C(=O)N(C)CC(=O)Nc3ccc(N4CCOCC4)cc3)ccc2c1=O. The van der Waals surface area contributed by atoms with Gasteiger partial charge in [-0.2, -0.15) is 0 Å². The fourth-order valence-electron chi connectivity index (χ4n) is 3.97. The number of nitrogens with one attached hydrogen (secondary N) is 2. The zero-order valence-electron chi connectivity index (χ0n) is 19.5. The molecule has 0 saturated carbocycles. The molecule has 35 heavy (non-hydrogen) atoms. The number of fused-ring (bicyclic) bond motifs is 1. The van der Waals surface area contributed by atoms with Crippen LogP contribution in [0.15, 0.2) is 59.9 Å². The van der Waals surface area contributed by atoms with Gasteiger partial charge in [-0.05, 0) is 54.7 Å². The molecule has 0 aliphatic carbocycles. The van der Waals surface area contributed by atoms with Gasteiger partial charge >= 0.3 is 0 Å². The van der Waals surface area contributed by atoms with Crippen LogP contribution in [-0.2, 0) is 16.1 Å². The first-order valence-corrected chi connectivity index (χ1v) is 11.6. The Kier molecular flexibility index (Phi) is 7.42. The van der Waals surface area contributed by atoms with Crippen LogP contribution in [0.2, 0.25) is 0 Å². The van der Waals surface area contributed by atoms with Crippen LogP contribution >= 0.6 is 12.2 Å². The number of H-pyrrole nitrogens is 1. The molecule has 2 aromatic carbocycles. The van der Waals surface area contributed by atoms with Crippen molar-refractivity contribution in [2.75, 3.05) is 50.1 Å². The minimum absolute atomic E-state index is 0.126. The van der Waals surface area contributed by atoms with Crippen LogP contribution in [0.4, 0.5) is 11.4 Å². The lowest BCUT2D eigenvalue weighted by Gasteiger charge is -2.28. The van der Waals surface area contributed by atoms with Crippen molar-refractivity contribution in [3.63, 3.8) is 0 Å². The molecule has 10 heteroatoms. The summed E-state index contributed by atoms with van der Waals surface area (Å²) in [6.07, 6.45) is 1.59. The molecule has 9 nitrogen and oxygen atoms in total. The molecular weight excluding hydrogens is 466 g/mol. The zero-order valence-corrected chi connectivity index (χ0v) is 20.3. The monoisotopic (exact) mass is 493 g/mol. The molecular formula is C25H27N5O4S. The molecule has 0 spiro atoms. The first kappa shape index (κ1) is 24.4. The summed E-state index contributed by atoms with van der Waals surface area (Å²) in [5, 5.41) is 3.24. The highest BCUT2D eigenvalue weighted by Gasteiger charge is 2.17. The lowest BCUT2D eigenvalue weighted by Crippen LogP contribution is -2.36. The first-order chi connectivity index (χ1) is 16.9. The summed E-state index contributed by atoms with van der Waals surface area (Å²) in [6.45, 7) is 6.89. The maximum atomic E-state index is 12.9. The Bertz CT molecular complexity index is 1370. The second kappa shape index (κ2) is 10.7. The number of hydrogen-bond acceptors (Lipinski definition) is 6. The van der Waals surface area contributed by atoms with Gasteiger partial charge in [-0.1, -0.05) is 6.08 Å². The maximum absolute atomic E-state index is 12.9. The maximum Gasteiger partial charge on any atom is 0.262 e. The zero-order chi connectivity index (χ0) is 24.9. The van der Waals surface area contributed by atoms with Crippen molar-refractivity contribution in [3.8, 4) is 0 Å². The third-order valence-corrected chi connectivity index (χ3v) is 6.12. The summed E-state index contributed by atoms with van der Waals surface area (Å²) in [4.78, 5) is 44.7. The molecule has 2 N–H and O–H groups in total. The number of carbonyl (C=O) groups is 2. The molecule has 0 atom stereocenters. The van der Waals surface area contributed by atoms with Crippen LogP contribution in [-0.4, -0.2) is 66.2 Å². The Morgan fingerprint density at radius 1 is 1.20 bits per heavy atom. The van der Waals surface area contributed by atoms with Crippen LogP contribution < -0.4 is 15.8 Å². The Morgan fingerprint density at radius 3 is 2.60 bits per heavy atom. The smallest absolute Gasteiger partial charge is 0.262 e. The van der Waals surface area contributed by atoms with E-state index in [9.17, 15) is 14.4 Å². The minimum atomic E-state index is -0.348. The van der Waals surface area contributed by atoms with Crippen LogP contribution in [0.1, 0.15) is 10.4 Å². The highest BCUT2D eigenvalue weighted by atomic mass is 32.1. The highest BCUT2D eigenvalue weighted by molar-refractivity contribution is 7.71. The van der Waals surface area contributed by atoms with Gasteiger partial charge in [0.2, 0.25) is 5.91 Å². The minimum Gasteiger partial charge on any atom is -0.378 e. The number of aromatic nitrogens is 2. The average molecular weight is 494 g/mol. The summed E-state index contributed by atoms with van der Waals surface area (Å²) in [5.41, 5.74) is 2.28. The van der Waals surface area contributed by atoms with Gasteiger partial charge in [-0.15, -0.1) is 6.58 Å². The summed E-state index contributed by atoms with van der Waals surface area (Å²) >= 11 is 5.26. The Hall–Kier alpha value is -3.76. The van der Waals surface area contributed by atoms with E-state index in [0.29, 0.717) is 41.9 Å². The number of aromatic amines is 1. The van der Waals surface area contributed by atoms with E-state index in [1.807, 2.05) is 24.3 Å². The quantitative estimate of drug-likeness (QED) is 0.388. The molecule has 0 radical (unpaired) electrons. The third kappa shape index (κ3) is 5.50. The number of morpholine rings is 1. The molecule has 0 unspecified atom stereocenters. The number of likely N-dealkylation sites (N-methyl/N-ethyl adjacent to an activating group) is 1. The molecule has 2 amide bonds. The number of allylic oxidation sites excluding steroid dienone is 1. The average Bonchev–Trinajstić information content (AvgIpc) is 2.86. The van der Waals surface area contributed by atoms with E-state index in [1.165, 1.54) is 9.47 Å². The largest absolute Gasteiger partial charge is 0.378 e. The van der Waals surface area contributed by atoms with E-state index in [1.54, 1.807) is 31.3 Å². The molecule has 4 rings (SSSR count). The molecule has 182 valence electrons. The Balaban J connectivity index is 1.41. The van der Waals surface area contributed by atoms with Crippen LogP contribution in [0.5, 0.6) is 0 Å². The molecule has 3 aromatic rings. The summed E-state index contributed by atoms with van der Waals surface area (Å²) in [7, 11) is 1.55. The van der Waals surface area contributed by atoms with Gasteiger partial charge in [0.15, 0.2) is 4.77 Å². The van der Waals surface area contributed by atoms with Gasteiger partial charge in [0.25, 0.3) is 11.5 Å². The van der Waals surface area contributed by atoms with Gasteiger partial charge in [0.1, 0.15) is 0 Å². The van der Waals surface area contributed by atoms with E-state index in [4.69, 9.17) is 17.0 Å². The predicted octanol–water partition coefficient (Wildman–Crippen LogP) is 2.79. The fraction of sp³-hybridized carbons (Fsp3) is 0.280. The van der Waals surface area contributed by atoms with Crippen LogP contribution in [0, 0.1) is 4.77 Å². The lowest BCUT2D eigenvalue weighted by atomic mass is 10.1. The second-order valence-electron chi connectivity index (χ2n) is 8.25. The van der Waals surface area contributed by atoms with Crippen molar-refractivity contribution in [2.24, 2.45) is 0 Å². The Labute approximate surface area is 207 Å². The molecule has 1 fully saturated rings. The van der Waals surface area contributed by atoms with E-state index < -0.39 is 0 Å². The summed E-state index contributed by atoms with van der Waals surface area (Å²) in [5.74, 6) is -0.660. The second-order valence-corrected chi connectivity index (χ2v) is 8.64. The lowest BCUT2D eigenvalue weighted by molar-refractivity contribution is -0.116. The number of anilines is 2. The van der Waals surface area contributed by atoms with Gasteiger partial charge in [0.05, 0.1) is 30.7 Å². The Morgan fingerprint density at radius 2 is 1.91 bits per heavy atom. The van der Waals surface area contributed by atoms with Crippen molar-refractivity contribution in [1.82, 2.24) is 14.5 Å². The first-order valence-electron chi connectivity index (χ1n) is 11.2. The standard InChI is InChI=1S/C25H27N5O4S/c1-3-10-30-24(33)20-9-4-17(15-21(20)27-25(30)35)23(32)28(2)16-22(31)26-18-5-7-19(8-6-18)29-11-13-34-14-12-29/h3-9,15H,1,10-14,16H2,2H3,(H,26,31)(H,27,35). The van der Waals surface area contributed by atoms with Crippen LogP contribution in [0.25, 0.3) is 10.9 Å².